The van der Waals surface area contributed by atoms with Crippen molar-refractivity contribution in [1.82, 2.24) is 34.6 Å². The number of hydrogen-bond donors (Lipinski definition) is 2. The molecule has 2 aliphatic rings. The minimum Gasteiger partial charge on any atom is -0.377 e. The molecule has 0 bridgehead atoms. The summed E-state index contributed by atoms with van der Waals surface area (Å²) in [5.41, 5.74) is 0.325. The van der Waals surface area contributed by atoms with Crippen molar-refractivity contribution in [2.45, 2.75) is 51.9 Å². The van der Waals surface area contributed by atoms with Crippen molar-refractivity contribution in [3.63, 3.8) is 0 Å². The number of imidazole rings is 1. The number of nitrogens with one attached hydrogen (secondary N) is 2. The standard InChI is InChI=1S/C28H33F4N9O/c1-4-34-26-35-20-13-18(29)5-6-22(20)40(26)27-36-21(14-23(37-27)39-11-12-42-15-16(39)2)24-17(3)38-41(25(24)28(30,31)32)19-7-9-33-10-8-19/h5-6,13-14,16,19,33H,4,7-12,15H2,1-3H3,(H,34,35)/t16-/m1/s1. The third-order valence-electron chi connectivity index (χ3n) is 7.78. The number of fused-ring (bicyclic) bond motifs is 1. The summed E-state index contributed by atoms with van der Waals surface area (Å²) in [5.74, 6) is 0.477. The Kier molecular flexibility index (Phi) is 7.51. The summed E-state index contributed by atoms with van der Waals surface area (Å²) in [6.07, 6.45) is -3.59. The fraction of sp³-hybridized carbons (Fsp3) is 0.500. The Morgan fingerprint density at radius 1 is 1.12 bits per heavy atom. The SMILES string of the molecule is CCNc1nc2cc(F)ccc2n1-c1nc(-c2c(C)nn(C3CCNCC3)c2C(F)(F)F)cc(N2CCOC[C@H]2C)n1. The van der Waals surface area contributed by atoms with Gasteiger partial charge in [0.25, 0.3) is 0 Å². The summed E-state index contributed by atoms with van der Waals surface area (Å²) >= 11 is 0. The first-order valence-corrected chi connectivity index (χ1v) is 14.2. The second-order valence-corrected chi connectivity index (χ2v) is 10.7. The molecule has 2 fully saturated rings. The summed E-state index contributed by atoms with van der Waals surface area (Å²) in [4.78, 5) is 16.1. The first-order chi connectivity index (χ1) is 20.2. The van der Waals surface area contributed by atoms with E-state index in [4.69, 9.17) is 14.7 Å². The number of benzene rings is 1. The van der Waals surface area contributed by atoms with E-state index in [2.05, 4.69) is 20.7 Å². The summed E-state index contributed by atoms with van der Waals surface area (Å²) in [5, 5.41) is 10.8. The van der Waals surface area contributed by atoms with Crippen LogP contribution in [0, 0.1) is 12.7 Å². The lowest BCUT2D eigenvalue weighted by molar-refractivity contribution is -0.144. The van der Waals surface area contributed by atoms with Crippen molar-refractivity contribution in [3.8, 4) is 17.2 Å². The lowest BCUT2D eigenvalue weighted by atomic mass is 10.0. The van der Waals surface area contributed by atoms with E-state index < -0.39 is 17.7 Å². The molecule has 14 heteroatoms. The number of aromatic nitrogens is 6. The van der Waals surface area contributed by atoms with Gasteiger partial charge < -0.3 is 20.3 Å². The van der Waals surface area contributed by atoms with Crippen LogP contribution in [0.4, 0.5) is 29.3 Å². The Labute approximate surface area is 240 Å². The summed E-state index contributed by atoms with van der Waals surface area (Å²) in [6, 6.07) is 5.31. The van der Waals surface area contributed by atoms with Crippen LogP contribution >= 0.6 is 0 Å². The van der Waals surface area contributed by atoms with Gasteiger partial charge >= 0.3 is 6.18 Å². The molecule has 0 radical (unpaired) electrons. The first-order valence-electron chi connectivity index (χ1n) is 14.2. The van der Waals surface area contributed by atoms with E-state index in [1.54, 1.807) is 23.6 Å². The molecule has 10 nitrogen and oxygen atoms in total. The number of anilines is 2. The van der Waals surface area contributed by atoms with Crippen molar-refractivity contribution < 1.29 is 22.3 Å². The van der Waals surface area contributed by atoms with Gasteiger partial charge in [0.1, 0.15) is 11.6 Å². The molecular formula is C28H33F4N9O. The highest BCUT2D eigenvalue weighted by Gasteiger charge is 2.42. The number of morpholine rings is 1. The van der Waals surface area contributed by atoms with Gasteiger partial charge in [0.2, 0.25) is 11.9 Å². The van der Waals surface area contributed by atoms with Gasteiger partial charge in [0.05, 0.1) is 53.3 Å². The van der Waals surface area contributed by atoms with Crippen molar-refractivity contribution in [2.24, 2.45) is 0 Å². The van der Waals surface area contributed by atoms with Gasteiger partial charge in [-0.15, -0.1) is 0 Å². The summed E-state index contributed by atoms with van der Waals surface area (Å²) in [7, 11) is 0. The Morgan fingerprint density at radius 2 is 1.90 bits per heavy atom. The number of hydrogen-bond acceptors (Lipinski definition) is 8. The lowest BCUT2D eigenvalue weighted by Crippen LogP contribution is -2.44. The van der Waals surface area contributed by atoms with Gasteiger partial charge in [0.15, 0.2) is 5.69 Å². The molecule has 0 aliphatic carbocycles. The second-order valence-electron chi connectivity index (χ2n) is 10.7. The molecule has 224 valence electrons. The maximum atomic E-state index is 14.9. The van der Waals surface area contributed by atoms with Crippen LogP contribution < -0.4 is 15.5 Å². The number of ether oxygens (including phenoxy) is 1. The van der Waals surface area contributed by atoms with Crippen molar-refractivity contribution in [2.75, 3.05) is 49.6 Å². The molecule has 0 spiro atoms. The Morgan fingerprint density at radius 3 is 2.62 bits per heavy atom. The summed E-state index contributed by atoms with van der Waals surface area (Å²) < 4.78 is 67.1. The number of halogens is 4. The highest BCUT2D eigenvalue weighted by Crippen LogP contribution is 2.42. The molecule has 3 aromatic heterocycles. The van der Waals surface area contributed by atoms with Gasteiger partial charge in [-0.2, -0.15) is 23.3 Å². The zero-order valence-electron chi connectivity index (χ0n) is 23.7. The predicted octanol–water partition coefficient (Wildman–Crippen LogP) is 4.73. The number of alkyl halides is 3. The topological polar surface area (TPSA) is 98.0 Å². The van der Waals surface area contributed by atoms with Crippen LogP contribution in [0.1, 0.15) is 44.1 Å². The van der Waals surface area contributed by atoms with Crippen LogP contribution in [-0.2, 0) is 10.9 Å². The Bertz CT molecular complexity index is 1590. The molecule has 0 saturated carbocycles. The van der Waals surface area contributed by atoms with Crippen LogP contribution in [0.25, 0.3) is 28.2 Å². The quantitative estimate of drug-likeness (QED) is 0.313. The molecule has 1 atom stereocenters. The van der Waals surface area contributed by atoms with Gasteiger partial charge in [0, 0.05) is 25.2 Å². The molecule has 2 N–H and O–H groups in total. The fourth-order valence-electron chi connectivity index (χ4n) is 5.84. The number of nitrogens with zero attached hydrogens (tertiary/aromatic N) is 7. The monoisotopic (exact) mass is 587 g/mol. The normalized spacial score (nSPS) is 18.6. The molecule has 42 heavy (non-hydrogen) atoms. The molecule has 2 aliphatic heterocycles. The van der Waals surface area contributed by atoms with Gasteiger partial charge in [-0.3, -0.25) is 4.68 Å². The Balaban J connectivity index is 1.61. The molecular weight excluding hydrogens is 554 g/mol. The van der Waals surface area contributed by atoms with E-state index in [1.165, 1.54) is 12.1 Å². The van der Waals surface area contributed by atoms with E-state index in [-0.39, 0.29) is 35.0 Å². The number of aryl methyl sites for hydroxylation is 1. The summed E-state index contributed by atoms with van der Waals surface area (Å²) in [6.45, 7) is 8.59. The van der Waals surface area contributed by atoms with Crippen LogP contribution in [0.15, 0.2) is 24.3 Å². The Hall–Kier alpha value is -3.78. The fourth-order valence-corrected chi connectivity index (χ4v) is 5.84. The molecule has 4 aromatic rings. The van der Waals surface area contributed by atoms with Crippen molar-refractivity contribution in [1.29, 1.82) is 0 Å². The minimum absolute atomic E-state index is 0.0724. The zero-order chi connectivity index (χ0) is 29.6. The third-order valence-corrected chi connectivity index (χ3v) is 7.78. The minimum atomic E-state index is -4.67. The molecule has 6 rings (SSSR count). The van der Waals surface area contributed by atoms with E-state index in [0.717, 1.165) is 4.68 Å². The molecule has 5 heterocycles. The number of rotatable bonds is 6. The lowest BCUT2D eigenvalue weighted by Gasteiger charge is -2.34. The van der Waals surface area contributed by atoms with E-state index in [0.29, 0.717) is 75.0 Å². The number of piperidine rings is 1. The van der Waals surface area contributed by atoms with E-state index in [1.807, 2.05) is 18.7 Å². The molecule has 0 amide bonds. The van der Waals surface area contributed by atoms with Crippen LogP contribution in [0.3, 0.4) is 0 Å². The van der Waals surface area contributed by atoms with Crippen LogP contribution in [0.5, 0.6) is 0 Å². The molecule has 1 aromatic carbocycles. The highest BCUT2D eigenvalue weighted by molar-refractivity contribution is 5.81. The maximum Gasteiger partial charge on any atom is 0.433 e. The zero-order valence-corrected chi connectivity index (χ0v) is 23.7. The molecule has 2 saturated heterocycles. The largest absolute Gasteiger partial charge is 0.433 e. The van der Waals surface area contributed by atoms with Gasteiger partial charge in [-0.25, -0.2) is 18.9 Å². The highest BCUT2D eigenvalue weighted by atomic mass is 19.4. The van der Waals surface area contributed by atoms with Crippen LogP contribution in [0.2, 0.25) is 0 Å². The van der Waals surface area contributed by atoms with Gasteiger partial charge in [-0.1, -0.05) is 0 Å². The second kappa shape index (κ2) is 11.1. The smallest absolute Gasteiger partial charge is 0.377 e. The van der Waals surface area contributed by atoms with Crippen molar-refractivity contribution >= 4 is 22.8 Å². The predicted molar refractivity (Wildman–Crippen MR) is 151 cm³/mol. The van der Waals surface area contributed by atoms with Crippen molar-refractivity contribution in [3.05, 3.63) is 41.5 Å². The van der Waals surface area contributed by atoms with E-state index in [9.17, 15) is 17.6 Å². The maximum absolute atomic E-state index is 14.9. The average molecular weight is 588 g/mol. The first kappa shape index (κ1) is 28.3. The average Bonchev–Trinajstić information content (AvgIpc) is 3.50. The van der Waals surface area contributed by atoms with Crippen LogP contribution in [-0.4, -0.2) is 74.7 Å². The third kappa shape index (κ3) is 5.17. The van der Waals surface area contributed by atoms with E-state index >= 15 is 0 Å². The van der Waals surface area contributed by atoms with Gasteiger partial charge in [-0.05, 0) is 58.8 Å². The molecule has 0 unspecified atom stereocenters.